The van der Waals surface area contributed by atoms with Gasteiger partial charge in [-0.15, -0.1) is 0 Å². The number of aryl methyl sites for hydroxylation is 1. The molecule has 0 saturated heterocycles. The molecular formula is C20H17F4N3O2. The van der Waals surface area contributed by atoms with Crippen molar-refractivity contribution in [2.45, 2.75) is 19.6 Å². The van der Waals surface area contributed by atoms with Gasteiger partial charge in [-0.1, -0.05) is 6.07 Å². The van der Waals surface area contributed by atoms with E-state index in [0.29, 0.717) is 17.5 Å². The van der Waals surface area contributed by atoms with Crippen LogP contribution in [0, 0.1) is 12.7 Å². The molecular weight excluding hydrogens is 390 g/mol. The van der Waals surface area contributed by atoms with E-state index in [0.717, 1.165) is 11.8 Å². The Morgan fingerprint density at radius 3 is 2.59 bits per heavy atom. The second-order valence-electron chi connectivity index (χ2n) is 6.30. The largest absolute Gasteiger partial charge is 0.495 e. The number of amides is 1. The average molecular weight is 407 g/mol. The van der Waals surface area contributed by atoms with Gasteiger partial charge in [0.1, 0.15) is 11.6 Å². The molecule has 0 aliphatic rings. The third-order valence-electron chi connectivity index (χ3n) is 4.22. The van der Waals surface area contributed by atoms with Crippen LogP contribution >= 0.6 is 0 Å². The summed E-state index contributed by atoms with van der Waals surface area (Å²) in [7, 11) is 1.46. The van der Waals surface area contributed by atoms with Crippen LogP contribution in [0.15, 0.2) is 48.9 Å². The molecule has 0 saturated carbocycles. The van der Waals surface area contributed by atoms with Crippen molar-refractivity contribution in [1.82, 2.24) is 14.9 Å². The third kappa shape index (κ3) is 4.56. The summed E-state index contributed by atoms with van der Waals surface area (Å²) in [5.74, 6) is -1.44. The van der Waals surface area contributed by atoms with Gasteiger partial charge in [-0.2, -0.15) is 13.2 Å². The maximum atomic E-state index is 13.4. The minimum atomic E-state index is -4.81. The number of benzene rings is 2. The highest BCUT2D eigenvalue weighted by molar-refractivity contribution is 5.95. The van der Waals surface area contributed by atoms with Gasteiger partial charge in [-0.25, -0.2) is 9.37 Å². The van der Waals surface area contributed by atoms with Crippen LogP contribution < -0.4 is 10.1 Å². The lowest BCUT2D eigenvalue weighted by Crippen LogP contribution is -2.23. The van der Waals surface area contributed by atoms with E-state index in [1.165, 1.54) is 19.2 Å². The zero-order valence-electron chi connectivity index (χ0n) is 15.5. The Morgan fingerprint density at radius 1 is 1.21 bits per heavy atom. The van der Waals surface area contributed by atoms with E-state index in [2.05, 4.69) is 10.3 Å². The highest BCUT2D eigenvalue weighted by Crippen LogP contribution is 2.32. The second kappa shape index (κ2) is 7.94. The number of aromatic nitrogens is 2. The summed E-state index contributed by atoms with van der Waals surface area (Å²) in [6.07, 6.45) is -1.40. The van der Waals surface area contributed by atoms with E-state index in [9.17, 15) is 22.4 Å². The van der Waals surface area contributed by atoms with Gasteiger partial charge in [0, 0.05) is 18.3 Å². The third-order valence-corrected chi connectivity index (χ3v) is 4.22. The van der Waals surface area contributed by atoms with Crippen LogP contribution in [0.5, 0.6) is 5.75 Å². The Balaban J connectivity index is 1.76. The first kappa shape index (κ1) is 20.4. The van der Waals surface area contributed by atoms with Gasteiger partial charge in [0.15, 0.2) is 0 Å². The molecule has 0 atom stereocenters. The minimum Gasteiger partial charge on any atom is -0.495 e. The monoisotopic (exact) mass is 407 g/mol. The number of methoxy groups -OCH3 is 1. The maximum Gasteiger partial charge on any atom is 0.419 e. The molecule has 0 bridgehead atoms. The number of carbonyl (C=O) groups is 1. The molecule has 0 aliphatic carbocycles. The van der Waals surface area contributed by atoms with Gasteiger partial charge in [0.25, 0.3) is 5.91 Å². The fourth-order valence-corrected chi connectivity index (χ4v) is 2.77. The normalized spacial score (nSPS) is 11.4. The zero-order valence-corrected chi connectivity index (χ0v) is 15.5. The number of hydrogen-bond donors (Lipinski definition) is 1. The number of rotatable bonds is 5. The molecule has 29 heavy (non-hydrogen) atoms. The molecule has 9 heteroatoms. The van der Waals surface area contributed by atoms with Crippen molar-refractivity contribution >= 4 is 5.91 Å². The van der Waals surface area contributed by atoms with Crippen molar-refractivity contribution in [1.29, 1.82) is 0 Å². The average Bonchev–Trinajstić information content (AvgIpc) is 3.11. The molecule has 1 amide bonds. The lowest BCUT2D eigenvalue weighted by molar-refractivity contribution is -0.140. The van der Waals surface area contributed by atoms with Crippen molar-refractivity contribution in [3.05, 3.63) is 77.1 Å². The van der Waals surface area contributed by atoms with Crippen LogP contribution in [-0.4, -0.2) is 22.6 Å². The summed E-state index contributed by atoms with van der Waals surface area (Å²) >= 11 is 0. The Kier molecular flexibility index (Phi) is 5.58. The van der Waals surface area contributed by atoms with Crippen LogP contribution in [0.2, 0.25) is 0 Å². The van der Waals surface area contributed by atoms with Gasteiger partial charge < -0.3 is 14.6 Å². The molecule has 1 N–H and O–H groups in total. The Hall–Kier alpha value is -3.36. The predicted octanol–water partition coefficient (Wildman–Crippen LogP) is 4.28. The van der Waals surface area contributed by atoms with E-state index >= 15 is 0 Å². The predicted molar refractivity (Wildman–Crippen MR) is 97.4 cm³/mol. The molecule has 152 valence electrons. The standard InChI is InChI=1S/C20H17F4N3O2/c1-12-10-27(11-26-12)17-6-4-14(8-18(17)29-2)19(28)25-9-13-3-5-16(21)15(7-13)20(22,23)24/h3-8,10-11H,9H2,1-2H3,(H,25,28). The van der Waals surface area contributed by atoms with E-state index in [1.54, 1.807) is 29.2 Å². The number of nitrogens with one attached hydrogen (secondary N) is 1. The smallest absolute Gasteiger partial charge is 0.419 e. The van der Waals surface area contributed by atoms with Gasteiger partial charge in [0.05, 0.1) is 30.4 Å². The molecule has 1 aromatic heterocycles. The fraction of sp³-hybridized carbons (Fsp3) is 0.200. The molecule has 5 nitrogen and oxygen atoms in total. The number of carbonyl (C=O) groups excluding carboxylic acids is 1. The van der Waals surface area contributed by atoms with E-state index in [-0.39, 0.29) is 17.7 Å². The van der Waals surface area contributed by atoms with Crippen LogP contribution in [0.1, 0.15) is 27.2 Å². The molecule has 0 fully saturated rings. The summed E-state index contributed by atoms with van der Waals surface area (Å²) in [4.78, 5) is 16.5. The maximum absolute atomic E-state index is 13.4. The van der Waals surface area contributed by atoms with Gasteiger partial charge >= 0.3 is 6.18 Å². The van der Waals surface area contributed by atoms with Crippen molar-refractivity contribution in [2.75, 3.05) is 7.11 Å². The number of imidazole rings is 1. The molecule has 0 unspecified atom stereocenters. The highest BCUT2D eigenvalue weighted by Gasteiger charge is 2.34. The number of hydrogen-bond acceptors (Lipinski definition) is 3. The van der Waals surface area contributed by atoms with E-state index < -0.39 is 23.5 Å². The first-order chi connectivity index (χ1) is 13.7. The second-order valence-corrected chi connectivity index (χ2v) is 6.30. The summed E-state index contributed by atoms with van der Waals surface area (Å²) in [5, 5.41) is 2.52. The first-order valence-corrected chi connectivity index (χ1v) is 8.52. The van der Waals surface area contributed by atoms with Crippen molar-refractivity contribution in [3.63, 3.8) is 0 Å². The lowest BCUT2D eigenvalue weighted by Gasteiger charge is -2.13. The summed E-state index contributed by atoms with van der Waals surface area (Å²) in [5.41, 5.74) is 0.514. The highest BCUT2D eigenvalue weighted by atomic mass is 19.4. The summed E-state index contributed by atoms with van der Waals surface area (Å²) in [6.45, 7) is 1.65. The van der Waals surface area contributed by atoms with Crippen molar-refractivity contribution in [2.24, 2.45) is 0 Å². The Labute approximate surface area is 163 Å². The molecule has 3 rings (SSSR count). The SMILES string of the molecule is COc1cc(C(=O)NCc2ccc(F)c(C(F)(F)F)c2)ccc1-n1cnc(C)c1. The number of nitrogens with zero attached hydrogens (tertiary/aromatic N) is 2. The minimum absolute atomic E-state index is 0.129. The van der Waals surface area contributed by atoms with Crippen molar-refractivity contribution < 1.29 is 27.1 Å². The van der Waals surface area contributed by atoms with E-state index in [1.807, 2.05) is 6.92 Å². The number of ether oxygens (including phenoxy) is 1. The van der Waals surface area contributed by atoms with Gasteiger partial charge in [-0.05, 0) is 42.8 Å². The first-order valence-electron chi connectivity index (χ1n) is 8.52. The fourth-order valence-electron chi connectivity index (χ4n) is 2.77. The van der Waals surface area contributed by atoms with Crippen LogP contribution in [0.3, 0.4) is 0 Å². The Morgan fingerprint density at radius 2 is 1.97 bits per heavy atom. The zero-order chi connectivity index (χ0) is 21.2. The Bertz CT molecular complexity index is 1040. The van der Waals surface area contributed by atoms with Gasteiger partial charge in [-0.3, -0.25) is 4.79 Å². The van der Waals surface area contributed by atoms with Gasteiger partial charge in [0.2, 0.25) is 0 Å². The lowest BCUT2D eigenvalue weighted by atomic mass is 10.1. The van der Waals surface area contributed by atoms with Crippen LogP contribution in [0.25, 0.3) is 5.69 Å². The topological polar surface area (TPSA) is 56.1 Å². The molecule has 2 aromatic carbocycles. The number of halogens is 4. The number of alkyl halides is 3. The van der Waals surface area contributed by atoms with Crippen LogP contribution in [-0.2, 0) is 12.7 Å². The summed E-state index contributed by atoms with van der Waals surface area (Å²) < 4.78 is 58.9. The van der Waals surface area contributed by atoms with Crippen molar-refractivity contribution in [3.8, 4) is 11.4 Å². The molecule has 0 radical (unpaired) electrons. The quantitative estimate of drug-likeness (QED) is 0.643. The van der Waals surface area contributed by atoms with Crippen LogP contribution in [0.4, 0.5) is 17.6 Å². The summed E-state index contributed by atoms with van der Waals surface area (Å²) in [6, 6.07) is 7.36. The molecule has 0 spiro atoms. The molecule has 1 heterocycles. The van der Waals surface area contributed by atoms with E-state index in [4.69, 9.17) is 4.74 Å². The molecule has 3 aromatic rings. The molecule has 0 aliphatic heterocycles.